The average Bonchev–Trinajstić information content (AvgIpc) is 3.03. The van der Waals surface area contributed by atoms with Crippen LogP contribution in [0.25, 0.3) is 0 Å². The molecule has 3 saturated heterocycles. The lowest BCUT2D eigenvalue weighted by Crippen LogP contribution is -2.73. The van der Waals surface area contributed by atoms with Crippen LogP contribution in [0.5, 0.6) is 0 Å². The highest BCUT2D eigenvalue weighted by Crippen LogP contribution is 2.35. The number of ether oxygens (including phenoxy) is 5. The molecule has 2 unspecified atom stereocenters. The van der Waals surface area contributed by atoms with Crippen LogP contribution in [0.3, 0.4) is 0 Å². The molecule has 17 nitrogen and oxygen atoms in total. The molecule has 0 aromatic carbocycles. The zero-order valence-corrected chi connectivity index (χ0v) is 25.6. The molecule has 14 N–H and O–H groups in total. The van der Waals surface area contributed by atoms with Crippen molar-refractivity contribution in [1.82, 2.24) is 0 Å². The van der Waals surface area contributed by atoms with Crippen molar-refractivity contribution in [3.8, 4) is 0 Å². The van der Waals surface area contributed by atoms with Crippen LogP contribution in [-0.2, 0) is 28.5 Å². The Morgan fingerprint density at radius 3 is 1.80 bits per heavy atom. The third-order valence-electron chi connectivity index (χ3n) is 8.95. The fourth-order valence-corrected chi connectivity index (χ4v) is 5.98. The van der Waals surface area contributed by atoms with Gasteiger partial charge in [0.15, 0.2) is 30.3 Å². The standard InChI is InChI=1S/C28H53N3O14/c1-2-3-4-5-6-7-8-9-15(35)28(12-34)24(39)21(38)18(31)27(45-28)44-23-14(11-33)42-26(17(30)20(23)37)43-22-13(10-32)41-25(40)16(29)19(22)36/h13-14,16-27,32-34,36-40H,2-12,29-31H2,1H3/t13-,14-,16-,17-,18-,19-,20-,21-,22?,23?,24+,25-,26+,27+,28+/m1/s1. The maximum Gasteiger partial charge on any atom is 0.180 e. The van der Waals surface area contributed by atoms with Crippen molar-refractivity contribution < 1.29 is 69.3 Å². The maximum atomic E-state index is 13.3. The molecule has 15 atom stereocenters. The van der Waals surface area contributed by atoms with Crippen molar-refractivity contribution >= 4 is 5.78 Å². The van der Waals surface area contributed by atoms with Crippen LogP contribution in [0.2, 0.25) is 0 Å². The van der Waals surface area contributed by atoms with Gasteiger partial charge in [-0.15, -0.1) is 0 Å². The molecule has 0 aromatic heterocycles. The lowest BCUT2D eigenvalue weighted by atomic mass is 9.81. The van der Waals surface area contributed by atoms with E-state index in [4.69, 9.17) is 40.9 Å². The van der Waals surface area contributed by atoms with E-state index < -0.39 is 117 Å². The predicted octanol–water partition coefficient (Wildman–Crippen LogP) is -4.59. The van der Waals surface area contributed by atoms with Crippen LogP contribution in [0.15, 0.2) is 0 Å². The van der Waals surface area contributed by atoms with E-state index >= 15 is 0 Å². The Balaban J connectivity index is 1.71. The SMILES string of the molecule is CCCCCCCCCC(=O)[C@]1(CO)O[C@H](OC2[C@@H](CO)O[C@@H](OC3[C@@H](CO)O[C@@H](O)[C@H](N)[C@H]3O)[C@H](N)[C@H]2O)[C@H](N)[C@@H](O)[C@@H]1O. The van der Waals surface area contributed by atoms with Crippen molar-refractivity contribution in [1.29, 1.82) is 0 Å². The summed E-state index contributed by atoms with van der Waals surface area (Å²) in [4.78, 5) is 13.3. The minimum atomic E-state index is -2.27. The summed E-state index contributed by atoms with van der Waals surface area (Å²) in [5.74, 6) is -0.662. The molecule has 3 aliphatic rings. The van der Waals surface area contributed by atoms with Gasteiger partial charge in [-0.05, 0) is 6.42 Å². The summed E-state index contributed by atoms with van der Waals surface area (Å²) < 4.78 is 28.3. The van der Waals surface area contributed by atoms with E-state index in [1.165, 1.54) is 0 Å². The Labute approximate surface area is 262 Å². The number of hydrogen-bond acceptors (Lipinski definition) is 17. The molecule has 0 spiro atoms. The van der Waals surface area contributed by atoms with E-state index in [0.29, 0.717) is 6.42 Å². The Bertz CT molecular complexity index is 905. The first-order valence-corrected chi connectivity index (χ1v) is 15.7. The minimum absolute atomic E-state index is 0.0509. The molecule has 0 saturated carbocycles. The van der Waals surface area contributed by atoms with Crippen molar-refractivity contribution in [3.63, 3.8) is 0 Å². The van der Waals surface area contributed by atoms with E-state index in [9.17, 15) is 45.6 Å². The van der Waals surface area contributed by atoms with Gasteiger partial charge in [-0.1, -0.05) is 45.4 Å². The van der Waals surface area contributed by atoms with Gasteiger partial charge < -0.3 is 81.7 Å². The van der Waals surface area contributed by atoms with Gasteiger partial charge >= 0.3 is 0 Å². The third-order valence-corrected chi connectivity index (χ3v) is 8.95. The van der Waals surface area contributed by atoms with Gasteiger partial charge in [0.2, 0.25) is 0 Å². The molecule has 0 aliphatic carbocycles. The van der Waals surface area contributed by atoms with Crippen LogP contribution in [0, 0.1) is 0 Å². The molecule has 0 aromatic rings. The smallest absolute Gasteiger partial charge is 0.180 e. The van der Waals surface area contributed by atoms with Crippen LogP contribution in [-0.4, -0.2) is 158 Å². The summed E-state index contributed by atoms with van der Waals surface area (Å²) in [6, 6.07) is -4.18. The number of nitrogens with two attached hydrogens (primary N) is 3. The van der Waals surface area contributed by atoms with Gasteiger partial charge in [0.25, 0.3) is 0 Å². The molecule has 45 heavy (non-hydrogen) atoms. The minimum Gasteiger partial charge on any atom is -0.394 e. The highest BCUT2D eigenvalue weighted by atomic mass is 16.7. The second-order valence-corrected chi connectivity index (χ2v) is 12.2. The van der Waals surface area contributed by atoms with Crippen molar-refractivity contribution in [3.05, 3.63) is 0 Å². The van der Waals surface area contributed by atoms with E-state index in [1.807, 2.05) is 0 Å². The molecule has 17 heteroatoms. The van der Waals surface area contributed by atoms with Gasteiger partial charge in [-0.2, -0.15) is 0 Å². The molecular weight excluding hydrogens is 602 g/mol. The van der Waals surface area contributed by atoms with Gasteiger partial charge in [-0.3, -0.25) is 4.79 Å². The lowest BCUT2D eigenvalue weighted by Gasteiger charge is -2.50. The van der Waals surface area contributed by atoms with Gasteiger partial charge in [0, 0.05) is 6.42 Å². The summed E-state index contributed by atoms with van der Waals surface area (Å²) in [6.45, 7) is -0.330. The molecule has 0 bridgehead atoms. The fraction of sp³-hybridized carbons (Fsp3) is 0.964. The summed E-state index contributed by atoms with van der Waals surface area (Å²) in [7, 11) is 0. The number of Topliss-reactive ketones (excluding diaryl/α,β-unsaturated/α-hetero) is 1. The summed E-state index contributed by atoms with van der Waals surface area (Å²) in [6.07, 6.45) is -10.7. The zero-order chi connectivity index (χ0) is 33.5. The predicted molar refractivity (Wildman–Crippen MR) is 154 cm³/mol. The number of aliphatic hydroxyl groups excluding tert-OH is 8. The highest BCUT2D eigenvalue weighted by Gasteiger charge is 2.58. The zero-order valence-electron chi connectivity index (χ0n) is 25.6. The molecule has 0 amide bonds. The molecule has 3 heterocycles. The van der Waals surface area contributed by atoms with Crippen molar-refractivity contribution in [2.24, 2.45) is 17.2 Å². The monoisotopic (exact) mass is 655 g/mol. The van der Waals surface area contributed by atoms with Crippen molar-refractivity contribution in [2.45, 2.75) is 150 Å². The normalized spacial score (nSPS) is 44.2. The fourth-order valence-electron chi connectivity index (χ4n) is 5.98. The maximum absolute atomic E-state index is 13.3. The second-order valence-electron chi connectivity index (χ2n) is 12.2. The van der Waals surface area contributed by atoms with Gasteiger partial charge in [-0.25, -0.2) is 0 Å². The number of carbonyl (C=O) groups excluding carboxylic acids is 1. The number of aliphatic hydroxyl groups is 8. The first-order chi connectivity index (χ1) is 21.4. The first kappa shape index (κ1) is 38.5. The number of unbranched alkanes of at least 4 members (excludes halogenated alkanes) is 6. The Morgan fingerprint density at radius 2 is 1.22 bits per heavy atom. The van der Waals surface area contributed by atoms with E-state index in [2.05, 4.69) is 6.92 Å². The summed E-state index contributed by atoms with van der Waals surface area (Å²) >= 11 is 0. The van der Waals surface area contributed by atoms with Gasteiger partial charge in [0.05, 0.1) is 37.9 Å². The molecule has 3 aliphatic heterocycles. The van der Waals surface area contributed by atoms with E-state index in [-0.39, 0.29) is 6.42 Å². The topological polar surface area (TPSA) is 303 Å². The van der Waals surface area contributed by atoms with Crippen LogP contribution < -0.4 is 17.2 Å². The number of hydrogen-bond donors (Lipinski definition) is 11. The Hall–Kier alpha value is -0.970. The quantitative estimate of drug-likeness (QED) is 0.0697. The Kier molecular flexibility index (Phi) is 14.9. The van der Waals surface area contributed by atoms with E-state index in [1.54, 1.807) is 0 Å². The Morgan fingerprint density at radius 1 is 0.711 bits per heavy atom. The van der Waals surface area contributed by atoms with Crippen molar-refractivity contribution in [2.75, 3.05) is 19.8 Å². The lowest BCUT2D eigenvalue weighted by molar-refractivity contribution is -0.355. The molecule has 264 valence electrons. The summed E-state index contributed by atoms with van der Waals surface area (Å²) in [5.41, 5.74) is 15.7. The largest absolute Gasteiger partial charge is 0.394 e. The highest BCUT2D eigenvalue weighted by molar-refractivity contribution is 5.88. The van der Waals surface area contributed by atoms with E-state index in [0.717, 1.165) is 38.5 Å². The second kappa shape index (κ2) is 17.4. The molecule has 0 radical (unpaired) electrons. The average molecular weight is 656 g/mol. The number of carbonyl (C=O) groups is 1. The number of ketones is 1. The van der Waals surface area contributed by atoms with Crippen LogP contribution in [0.4, 0.5) is 0 Å². The summed E-state index contributed by atoms with van der Waals surface area (Å²) in [5, 5.41) is 83.1. The molecule has 3 rings (SSSR count). The van der Waals surface area contributed by atoms with Crippen LogP contribution in [0.1, 0.15) is 58.3 Å². The third kappa shape index (κ3) is 8.55. The number of rotatable bonds is 16. The first-order valence-electron chi connectivity index (χ1n) is 15.7. The van der Waals surface area contributed by atoms with Crippen LogP contribution >= 0.6 is 0 Å². The molecular formula is C28H53N3O14. The molecule has 3 fully saturated rings. The van der Waals surface area contributed by atoms with Gasteiger partial charge in [0.1, 0.15) is 48.8 Å².